The fourth-order valence-corrected chi connectivity index (χ4v) is 5.39. The molecule has 0 aromatic carbocycles. The second kappa shape index (κ2) is 6.10. The van der Waals surface area contributed by atoms with E-state index in [1.807, 2.05) is 12.3 Å². The Morgan fingerprint density at radius 3 is 2.78 bits per heavy atom. The maximum absolute atomic E-state index is 10.8. The summed E-state index contributed by atoms with van der Waals surface area (Å²) in [6, 6.07) is 2.03. The monoisotopic (exact) mass is 318 g/mol. The van der Waals surface area contributed by atoms with Gasteiger partial charge in [0.05, 0.1) is 25.2 Å². The van der Waals surface area contributed by atoms with Crippen LogP contribution >= 0.6 is 0 Å². The summed E-state index contributed by atoms with van der Waals surface area (Å²) in [5.74, 6) is 0.776. The first-order valence-electron chi connectivity index (χ1n) is 8.91. The molecule has 1 aromatic heterocycles. The van der Waals surface area contributed by atoms with Crippen LogP contribution in [0.5, 0.6) is 0 Å². The molecule has 2 aliphatic carbocycles. The predicted octanol–water partition coefficient (Wildman–Crippen LogP) is 3.95. The molecule has 1 heterocycles. The van der Waals surface area contributed by atoms with Crippen LogP contribution in [-0.2, 0) is 6.42 Å². The van der Waals surface area contributed by atoms with Gasteiger partial charge in [0, 0.05) is 0 Å². The molecule has 1 fully saturated rings. The third-order valence-corrected chi connectivity index (χ3v) is 7.10. The van der Waals surface area contributed by atoms with E-state index in [4.69, 9.17) is 4.42 Å². The number of aliphatic hydroxyl groups is 2. The fraction of sp³-hybridized carbons (Fsp3) is 0.700. The Labute approximate surface area is 139 Å². The lowest BCUT2D eigenvalue weighted by molar-refractivity contribution is -0.118. The number of hydrogen-bond donors (Lipinski definition) is 2. The summed E-state index contributed by atoms with van der Waals surface area (Å²) >= 11 is 0. The molecule has 0 unspecified atom stereocenters. The van der Waals surface area contributed by atoms with Gasteiger partial charge in [-0.15, -0.1) is 0 Å². The minimum atomic E-state index is -0.307. The highest BCUT2D eigenvalue weighted by Crippen LogP contribution is 2.61. The molecule has 2 N–H and O–H groups in total. The highest BCUT2D eigenvalue weighted by molar-refractivity contribution is 5.24. The van der Waals surface area contributed by atoms with Crippen LogP contribution in [0.4, 0.5) is 0 Å². The standard InChI is InChI=1S/C20H30O3/c1-14-17(22)11-20(3)16(12-21)5-4-6-18(20)19(14,2)9-7-15-8-10-23-13-15/h5,8,10,13-14,17-18,21-22H,4,6-7,9,11-12H2,1-3H3/t14-,17-,18-,19+,20+/m1/s1. The van der Waals surface area contributed by atoms with Crippen molar-refractivity contribution in [1.29, 1.82) is 0 Å². The molecule has 0 aliphatic heterocycles. The zero-order valence-corrected chi connectivity index (χ0v) is 14.6. The summed E-state index contributed by atoms with van der Waals surface area (Å²) in [5, 5.41) is 20.6. The number of fused-ring (bicyclic) bond motifs is 1. The molecule has 5 atom stereocenters. The number of aryl methyl sites for hydroxylation is 1. The molecule has 3 heteroatoms. The minimum absolute atomic E-state index is 0.0678. The molecular formula is C20H30O3. The van der Waals surface area contributed by atoms with Gasteiger partial charge in [0.1, 0.15) is 0 Å². The van der Waals surface area contributed by atoms with Gasteiger partial charge in [-0.25, -0.2) is 0 Å². The lowest BCUT2D eigenvalue weighted by atomic mass is 9.46. The van der Waals surface area contributed by atoms with Gasteiger partial charge in [-0.2, -0.15) is 0 Å². The molecule has 0 saturated heterocycles. The van der Waals surface area contributed by atoms with Crippen molar-refractivity contribution in [1.82, 2.24) is 0 Å². The molecule has 0 radical (unpaired) electrons. The first kappa shape index (κ1) is 16.8. The molecule has 0 amide bonds. The van der Waals surface area contributed by atoms with Crippen molar-refractivity contribution < 1.29 is 14.6 Å². The van der Waals surface area contributed by atoms with Crippen molar-refractivity contribution in [3.8, 4) is 0 Å². The first-order valence-corrected chi connectivity index (χ1v) is 8.91. The molecule has 3 nitrogen and oxygen atoms in total. The third kappa shape index (κ3) is 2.68. The van der Waals surface area contributed by atoms with Crippen molar-refractivity contribution in [2.45, 2.75) is 59.0 Å². The number of allylic oxidation sites excluding steroid dienone is 1. The summed E-state index contributed by atoms with van der Waals surface area (Å²) in [7, 11) is 0. The zero-order valence-electron chi connectivity index (χ0n) is 14.6. The van der Waals surface area contributed by atoms with Crippen LogP contribution in [-0.4, -0.2) is 22.9 Å². The summed E-state index contributed by atoms with van der Waals surface area (Å²) < 4.78 is 5.20. The summed E-state index contributed by atoms with van der Waals surface area (Å²) in [4.78, 5) is 0. The molecule has 0 spiro atoms. The molecule has 1 aromatic rings. The first-order chi connectivity index (χ1) is 10.9. The fourth-order valence-electron chi connectivity index (χ4n) is 5.39. The Kier molecular flexibility index (Phi) is 4.45. The number of hydrogen-bond acceptors (Lipinski definition) is 3. The van der Waals surface area contributed by atoms with E-state index in [-0.39, 0.29) is 29.5 Å². The lowest BCUT2D eigenvalue weighted by Crippen LogP contribution is -2.55. The van der Waals surface area contributed by atoms with Gasteiger partial charge in [-0.3, -0.25) is 0 Å². The van der Waals surface area contributed by atoms with Gasteiger partial charge in [-0.05, 0) is 72.0 Å². The number of furan rings is 1. The van der Waals surface area contributed by atoms with Crippen LogP contribution in [0.3, 0.4) is 0 Å². The molecule has 3 rings (SSSR count). The van der Waals surface area contributed by atoms with Crippen molar-refractivity contribution in [3.05, 3.63) is 35.8 Å². The summed E-state index contributed by atoms with van der Waals surface area (Å²) in [6.45, 7) is 6.93. The molecular weight excluding hydrogens is 288 g/mol. The highest BCUT2D eigenvalue weighted by Gasteiger charge is 2.56. The Morgan fingerprint density at radius 2 is 2.13 bits per heavy atom. The van der Waals surface area contributed by atoms with Crippen LogP contribution in [0.15, 0.2) is 34.7 Å². The van der Waals surface area contributed by atoms with Crippen molar-refractivity contribution >= 4 is 0 Å². The Morgan fingerprint density at radius 1 is 1.35 bits per heavy atom. The minimum Gasteiger partial charge on any atom is -0.472 e. The van der Waals surface area contributed by atoms with E-state index in [1.54, 1.807) is 6.26 Å². The average molecular weight is 318 g/mol. The maximum Gasteiger partial charge on any atom is 0.0934 e. The molecule has 2 aliphatic rings. The lowest BCUT2D eigenvalue weighted by Gasteiger charge is -2.59. The Balaban J connectivity index is 1.91. The average Bonchev–Trinajstić information content (AvgIpc) is 3.04. The van der Waals surface area contributed by atoms with E-state index >= 15 is 0 Å². The highest BCUT2D eigenvalue weighted by atomic mass is 16.3. The number of rotatable bonds is 4. The van der Waals surface area contributed by atoms with Gasteiger partial charge < -0.3 is 14.6 Å². The van der Waals surface area contributed by atoms with Crippen molar-refractivity contribution in [3.63, 3.8) is 0 Å². The van der Waals surface area contributed by atoms with Gasteiger partial charge in [0.2, 0.25) is 0 Å². The van der Waals surface area contributed by atoms with Gasteiger partial charge in [-0.1, -0.05) is 26.8 Å². The summed E-state index contributed by atoms with van der Waals surface area (Å²) in [6.07, 6.45) is 10.4. The van der Waals surface area contributed by atoms with Crippen LogP contribution in [0.2, 0.25) is 0 Å². The van der Waals surface area contributed by atoms with E-state index in [1.165, 1.54) is 5.56 Å². The van der Waals surface area contributed by atoms with E-state index in [0.29, 0.717) is 5.92 Å². The van der Waals surface area contributed by atoms with Crippen LogP contribution < -0.4 is 0 Å². The van der Waals surface area contributed by atoms with Gasteiger partial charge in [0.25, 0.3) is 0 Å². The van der Waals surface area contributed by atoms with E-state index < -0.39 is 0 Å². The molecule has 1 saturated carbocycles. The predicted molar refractivity (Wildman–Crippen MR) is 90.9 cm³/mol. The normalized spacial score (nSPS) is 40.6. The van der Waals surface area contributed by atoms with Crippen LogP contribution in [0.1, 0.15) is 52.0 Å². The van der Waals surface area contributed by atoms with Crippen molar-refractivity contribution in [2.75, 3.05) is 6.61 Å². The second-order valence-electron chi connectivity index (χ2n) is 8.13. The van der Waals surface area contributed by atoms with Crippen molar-refractivity contribution in [2.24, 2.45) is 22.7 Å². The largest absolute Gasteiger partial charge is 0.472 e. The van der Waals surface area contributed by atoms with E-state index in [0.717, 1.165) is 37.7 Å². The second-order valence-corrected chi connectivity index (χ2v) is 8.13. The molecule has 128 valence electrons. The van der Waals surface area contributed by atoms with E-state index in [2.05, 4.69) is 26.8 Å². The summed E-state index contributed by atoms with van der Waals surface area (Å²) in [5.41, 5.74) is 2.35. The van der Waals surface area contributed by atoms with E-state index in [9.17, 15) is 10.2 Å². The number of aliphatic hydroxyl groups excluding tert-OH is 2. The third-order valence-electron chi connectivity index (χ3n) is 7.10. The molecule has 23 heavy (non-hydrogen) atoms. The van der Waals surface area contributed by atoms with Gasteiger partial charge >= 0.3 is 0 Å². The Bertz CT molecular complexity index is 561. The van der Waals surface area contributed by atoms with Crippen LogP contribution in [0.25, 0.3) is 0 Å². The van der Waals surface area contributed by atoms with Crippen LogP contribution in [0, 0.1) is 22.7 Å². The SMILES string of the molecule is C[C@@H]1[C@H](O)C[C@@]2(C)C(CO)=CCC[C@@H]2[C@@]1(C)CCc1ccoc1. The maximum atomic E-state index is 10.8. The Hall–Kier alpha value is -1.06. The smallest absolute Gasteiger partial charge is 0.0934 e. The van der Waals surface area contributed by atoms with Gasteiger partial charge in [0.15, 0.2) is 0 Å². The molecule has 0 bridgehead atoms. The quantitative estimate of drug-likeness (QED) is 0.826. The topological polar surface area (TPSA) is 53.6 Å². The zero-order chi connectivity index (χ0) is 16.7.